The van der Waals surface area contributed by atoms with Gasteiger partial charge in [0, 0.05) is 5.75 Å². The van der Waals surface area contributed by atoms with Gasteiger partial charge in [-0.25, -0.2) is 15.0 Å². The van der Waals surface area contributed by atoms with Crippen molar-refractivity contribution in [2.45, 2.75) is 18.2 Å². The Balaban J connectivity index is 2.05. The first kappa shape index (κ1) is 13.3. The van der Waals surface area contributed by atoms with Crippen molar-refractivity contribution in [1.82, 2.24) is 19.5 Å². The molecule has 2 aromatic rings. The summed E-state index contributed by atoms with van der Waals surface area (Å²) in [6.07, 6.45) is 4.98. The van der Waals surface area contributed by atoms with Crippen LogP contribution < -0.4 is 5.73 Å². The van der Waals surface area contributed by atoms with Crippen molar-refractivity contribution in [3.63, 3.8) is 0 Å². The molecular formula is C12H15N5O2S. The Morgan fingerprint density at radius 1 is 1.35 bits per heavy atom. The highest BCUT2D eigenvalue weighted by Crippen LogP contribution is 2.32. The summed E-state index contributed by atoms with van der Waals surface area (Å²) in [5.74, 6) is 0.980. The Morgan fingerprint density at radius 2 is 2.15 bits per heavy atom. The molecule has 2 aromatic heterocycles. The van der Waals surface area contributed by atoms with Crippen molar-refractivity contribution in [3.05, 3.63) is 24.3 Å². The van der Waals surface area contributed by atoms with Crippen molar-refractivity contribution >= 4 is 28.7 Å². The van der Waals surface area contributed by atoms with E-state index in [2.05, 4.69) is 15.0 Å². The molecule has 0 saturated carbocycles. The Bertz CT molecular complexity index is 671. The number of aliphatic hydroxyl groups is 2. The zero-order valence-corrected chi connectivity index (χ0v) is 11.7. The van der Waals surface area contributed by atoms with Gasteiger partial charge in [0.2, 0.25) is 0 Å². The Kier molecular flexibility index (Phi) is 3.36. The highest BCUT2D eigenvalue weighted by molar-refractivity contribution is 7.98. The number of hydrogen-bond acceptors (Lipinski definition) is 7. The Morgan fingerprint density at radius 3 is 2.90 bits per heavy atom. The molecule has 20 heavy (non-hydrogen) atoms. The summed E-state index contributed by atoms with van der Waals surface area (Å²) in [6.45, 7) is 0. The molecule has 3 atom stereocenters. The van der Waals surface area contributed by atoms with E-state index in [-0.39, 0.29) is 0 Å². The van der Waals surface area contributed by atoms with Gasteiger partial charge in [-0.2, -0.15) is 11.8 Å². The molecule has 106 valence electrons. The smallest absolute Gasteiger partial charge is 0.166 e. The minimum absolute atomic E-state index is 0.301. The molecule has 0 unspecified atom stereocenters. The van der Waals surface area contributed by atoms with Crippen LogP contribution in [0.3, 0.4) is 0 Å². The Labute approximate surface area is 119 Å². The van der Waals surface area contributed by atoms with Crippen LogP contribution in [0, 0.1) is 0 Å². The maximum Gasteiger partial charge on any atom is 0.166 e. The zero-order chi connectivity index (χ0) is 14.3. The number of anilines is 1. The first-order valence-corrected chi connectivity index (χ1v) is 7.51. The second-order valence-corrected chi connectivity index (χ2v) is 5.55. The molecule has 0 aromatic carbocycles. The number of nitrogens with two attached hydrogens (primary N) is 1. The van der Waals surface area contributed by atoms with E-state index < -0.39 is 18.2 Å². The van der Waals surface area contributed by atoms with Gasteiger partial charge in [-0.1, -0.05) is 6.08 Å². The van der Waals surface area contributed by atoms with E-state index in [1.165, 1.54) is 6.33 Å². The monoisotopic (exact) mass is 293 g/mol. The molecule has 8 heteroatoms. The van der Waals surface area contributed by atoms with Crippen LogP contribution >= 0.6 is 11.8 Å². The molecule has 1 aliphatic carbocycles. The number of aromatic nitrogens is 4. The first-order chi connectivity index (χ1) is 9.63. The lowest BCUT2D eigenvalue weighted by molar-refractivity contribution is 0.0331. The molecule has 1 aliphatic rings. The van der Waals surface area contributed by atoms with Crippen LogP contribution in [-0.2, 0) is 0 Å². The van der Waals surface area contributed by atoms with Gasteiger partial charge in [0.15, 0.2) is 11.5 Å². The molecule has 0 radical (unpaired) electrons. The van der Waals surface area contributed by atoms with Crippen molar-refractivity contribution in [2.75, 3.05) is 17.7 Å². The second kappa shape index (κ2) is 5.04. The molecule has 2 heterocycles. The number of hydrogen-bond donors (Lipinski definition) is 3. The topological polar surface area (TPSA) is 110 Å². The van der Waals surface area contributed by atoms with Gasteiger partial charge in [-0.15, -0.1) is 0 Å². The fraction of sp³-hybridized carbons (Fsp3) is 0.417. The van der Waals surface area contributed by atoms with Gasteiger partial charge < -0.3 is 20.5 Å². The predicted octanol–water partition coefficient (Wildman–Crippen LogP) is -0.0256. The highest BCUT2D eigenvalue weighted by Gasteiger charge is 2.36. The van der Waals surface area contributed by atoms with Crippen molar-refractivity contribution in [1.29, 1.82) is 0 Å². The van der Waals surface area contributed by atoms with Crippen molar-refractivity contribution in [3.8, 4) is 0 Å². The Hall–Kier alpha value is -1.64. The summed E-state index contributed by atoms with van der Waals surface area (Å²) in [5, 5.41) is 20.3. The number of imidazole rings is 1. The molecule has 0 bridgehead atoms. The van der Waals surface area contributed by atoms with Gasteiger partial charge in [-0.3, -0.25) is 0 Å². The highest BCUT2D eigenvalue weighted by atomic mass is 32.2. The van der Waals surface area contributed by atoms with E-state index in [0.29, 0.717) is 22.7 Å². The van der Waals surface area contributed by atoms with Crippen LogP contribution in [0.25, 0.3) is 11.2 Å². The largest absolute Gasteiger partial charge is 0.388 e. The number of aliphatic hydroxyl groups excluding tert-OH is 2. The average Bonchev–Trinajstić information content (AvgIpc) is 2.97. The number of thioether (sulfide) groups is 1. The molecular weight excluding hydrogens is 278 g/mol. The standard InChI is InChI=1S/C12H15N5O2S/c1-20-3-6-2-7(10(19)9(6)18)17-5-16-8-11(13)14-4-15-12(8)17/h2,4-5,7,9-10,18-19H,3H2,1H3,(H2,13,14,15)/t7-,9-,10+/m1/s1. The van der Waals surface area contributed by atoms with Gasteiger partial charge in [-0.05, 0) is 11.8 Å². The third-order valence-corrected chi connectivity index (χ3v) is 4.08. The van der Waals surface area contributed by atoms with E-state index in [1.807, 2.05) is 12.3 Å². The molecule has 7 nitrogen and oxygen atoms in total. The van der Waals surface area contributed by atoms with Crippen LogP contribution in [0.1, 0.15) is 6.04 Å². The first-order valence-electron chi connectivity index (χ1n) is 6.12. The molecule has 0 saturated heterocycles. The quantitative estimate of drug-likeness (QED) is 0.682. The van der Waals surface area contributed by atoms with E-state index in [4.69, 9.17) is 5.73 Å². The molecule has 0 fully saturated rings. The molecule has 4 N–H and O–H groups in total. The third kappa shape index (κ3) is 1.96. The van der Waals surface area contributed by atoms with Crippen LogP contribution in [0.2, 0.25) is 0 Å². The van der Waals surface area contributed by atoms with Gasteiger partial charge in [0.05, 0.1) is 12.4 Å². The van der Waals surface area contributed by atoms with Crippen LogP contribution in [0.15, 0.2) is 24.3 Å². The second-order valence-electron chi connectivity index (χ2n) is 4.68. The van der Waals surface area contributed by atoms with E-state index >= 15 is 0 Å². The summed E-state index contributed by atoms with van der Waals surface area (Å²) in [6, 6.07) is -0.397. The minimum atomic E-state index is -0.911. The van der Waals surface area contributed by atoms with Gasteiger partial charge in [0.25, 0.3) is 0 Å². The lowest BCUT2D eigenvalue weighted by atomic mass is 10.1. The maximum atomic E-state index is 10.2. The lowest BCUT2D eigenvalue weighted by Gasteiger charge is -2.18. The van der Waals surface area contributed by atoms with Gasteiger partial charge >= 0.3 is 0 Å². The average molecular weight is 293 g/mol. The maximum absolute atomic E-state index is 10.2. The number of nitrogen functional groups attached to an aromatic ring is 1. The normalized spacial score (nSPS) is 26.1. The molecule has 0 amide bonds. The fourth-order valence-corrected chi connectivity index (χ4v) is 3.06. The summed E-state index contributed by atoms with van der Waals surface area (Å²) in [7, 11) is 0. The predicted molar refractivity (Wildman–Crippen MR) is 77.3 cm³/mol. The molecule has 0 spiro atoms. The molecule has 0 aliphatic heterocycles. The SMILES string of the molecule is CSCC1=C[C@@H](n2cnc3c(N)ncnc32)[C@H](O)[C@@H]1O. The van der Waals surface area contributed by atoms with E-state index in [9.17, 15) is 10.2 Å². The summed E-state index contributed by atoms with van der Waals surface area (Å²) in [4.78, 5) is 12.2. The van der Waals surface area contributed by atoms with Crippen LogP contribution in [0.4, 0.5) is 5.82 Å². The van der Waals surface area contributed by atoms with Crippen LogP contribution in [-0.4, -0.2) is 53.9 Å². The van der Waals surface area contributed by atoms with E-state index in [0.717, 1.165) is 5.57 Å². The zero-order valence-electron chi connectivity index (χ0n) is 10.8. The van der Waals surface area contributed by atoms with Crippen LogP contribution in [0.5, 0.6) is 0 Å². The fourth-order valence-electron chi connectivity index (χ4n) is 2.46. The lowest BCUT2D eigenvalue weighted by Crippen LogP contribution is -2.29. The molecule has 3 rings (SSSR count). The minimum Gasteiger partial charge on any atom is -0.388 e. The number of rotatable bonds is 3. The number of nitrogens with zero attached hydrogens (tertiary/aromatic N) is 4. The summed E-state index contributed by atoms with van der Waals surface area (Å²) in [5.41, 5.74) is 7.62. The third-order valence-electron chi connectivity index (χ3n) is 3.46. The van der Waals surface area contributed by atoms with Crippen molar-refractivity contribution in [2.24, 2.45) is 0 Å². The van der Waals surface area contributed by atoms with Crippen molar-refractivity contribution < 1.29 is 10.2 Å². The number of fused-ring (bicyclic) bond motifs is 1. The van der Waals surface area contributed by atoms with E-state index in [1.54, 1.807) is 22.7 Å². The summed E-state index contributed by atoms with van der Waals surface area (Å²) >= 11 is 1.60. The van der Waals surface area contributed by atoms with Gasteiger partial charge in [0.1, 0.15) is 24.1 Å². The summed E-state index contributed by atoms with van der Waals surface area (Å²) < 4.78 is 1.72.